The standard InChI is InChI=1S/C24H24N2O7S/c1-2-32-24(31)22-19(23-25-16-5-3-4-6-18(16)34-23)20(30)14-7-8-17(29)15(21(14)33-22)13-26(9-11-27)10-12-28/h3-8,27-29H,2,9-13H2,1H3. The maximum absolute atomic E-state index is 13.7. The van der Waals surface area contributed by atoms with E-state index in [1.54, 1.807) is 11.8 Å². The van der Waals surface area contributed by atoms with E-state index in [1.807, 2.05) is 24.3 Å². The van der Waals surface area contributed by atoms with Crippen LogP contribution in [0.1, 0.15) is 23.0 Å². The van der Waals surface area contributed by atoms with E-state index in [0.29, 0.717) is 10.5 Å². The Bertz CT molecular complexity index is 1360. The third-order valence-electron chi connectivity index (χ3n) is 5.32. The lowest BCUT2D eigenvalue weighted by Gasteiger charge is -2.21. The van der Waals surface area contributed by atoms with Crippen LogP contribution < -0.4 is 5.43 Å². The number of fused-ring (bicyclic) bond motifs is 2. The Morgan fingerprint density at radius 1 is 1.15 bits per heavy atom. The number of aliphatic hydroxyl groups excluding tert-OH is 2. The van der Waals surface area contributed by atoms with Crippen LogP contribution in [0.4, 0.5) is 0 Å². The maximum atomic E-state index is 13.7. The third kappa shape index (κ3) is 4.53. The van der Waals surface area contributed by atoms with E-state index >= 15 is 0 Å². The number of aromatic hydroxyl groups is 1. The summed E-state index contributed by atoms with van der Waals surface area (Å²) in [5.74, 6) is -1.24. The molecule has 0 saturated heterocycles. The highest BCUT2D eigenvalue weighted by molar-refractivity contribution is 7.21. The zero-order valence-corrected chi connectivity index (χ0v) is 19.3. The predicted octanol–water partition coefficient (Wildman–Crippen LogP) is 2.74. The van der Waals surface area contributed by atoms with Gasteiger partial charge in [-0.2, -0.15) is 0 Å². The second kappa shape index (κ2) is 10.3. The highest BCUT2D eigenvalue weighted by Gasteiger charge is 2.27. The van der Waals surface area contributed by atoms with Crippen LogP contribution in [0.25, 0.3) is 31.8 Å². The van der Waals surface area contributed by atoms with Gasteiger partial charge >= 0.3 is 5.97 Å². The van der Waals surface area contributed by atoms with Gasteiger partial charge in [0.1, 0.15) is 21.9 Å². The monoisotopic (exact) mass is 484 g/mol. The van der Waals surface area contributed by atoms with Crippen LogP contribution >= 0.6 is 11.3 Å². The van der Waals surface area contributed by atoms with Crippen molar-refractivity contribution in [2.75, 3.05) is 32.9 Å². The lowest BCUT2D eigenvalue weighted by Crippen LogP contribution is -2.29. The number of hydrogen-bond donors (Lipinski definition) is 3. The summed E-state index contributed by atoms with van der Waals surface area (Å²) in [6.07, 6.45) is 0. The molecule has 0 spiro atoms. The summed E-state index contributed by atoms with van der Waals surface area (Å²) in [5.41, 5.74) is 0.523. The molecule has 10 heteroatoms. The van der Waals surface area contributed by atoms with Crippen molar-refractivity contribution < 1.29 is 29.3 Å². The number of para-hydroxylation sites is 1. The average Bonchev–Trinajstić information content (AvgIpc) is 3.25. The van der Waals surface area contributed by atoms with Gasteiger partial charge in [0.15, 0.2) is 0 Å². The fraction of sp³-hybridized carbons (Fsp3) is 0.292. The molecule has 0 unspecified atom stereocenters. The minimum Gasteiger partial charge on any atom is -0.507 e. The highest BCUT2D eigenvalue weighted by Crippen LogP contribution is 2.35. The van der Waals surface area contributed by atoms with Crippen LogP contribution in [0, 0.1) is 0 Å². The van der Waals surface area contributed by atoms with Crippen molar-refractivity contribution in [1.29, 1.82) is 0 Å². The van der Waals surface area contributed by atoms with Crippen LogP contribution in [-0.2, 0) is 11.3 Å². The van der Waals surface area contributed by atoms with Crippen LogP contribution in [0.5, 0.6) is 5.75 Å². The Morgan fingerprint density at radius 2 is 1.88 bits per heavy atom. The van der Waals surface area contributed by atoms with Crippen LogP contribution in [0.3, 0.4) is 0 Å². The first-order valence-electron chi connectivity index (χ1n) is 10.8. The summed E-state index contributed by atoms with van der Waals surface area (Å²) in [6.45, 7) is 1.94. The van der Waals surface area contributed by atoms with E-state index in [9.17, 15) is 24.9 Å². The molecule has 0 amide bonds. The number of thiazole rings is 1. The predicted molar refractivity (Wildman–Crippen MR) is 128 cm³/mol. The Hall–Kier alpha value is -3.31. The number of phenolic OH excluding ortho intramolecular Hbond substituents is 1. The van der Waals surface area contributed by atoms with E-state index in [0.717, 1.165) is 4.70 Å². The van der Waals surface area contributed by atoms with Crippen molar-refractivity contribution in [3.63, 3.8) is 0 Å². The molecular weight excluding hydrogens is 460 g/mol. The van der Waals surface area contributed by atoms with E-state index < -0.39 is 11.4 Å². The molecule has 0 fully saturated rings. The van der Waals surface area contributed by atoms with Gasteiger partial charge in [-0.3, -0.25) is 9.69 Å². The molecule has 0 aliphatic heterocycles. The minimum atomic E-state index is -0.812. The van der Waals surface area contributed by atoms with Crippen LogP contribution in [0.2, 0.25) is 0 Å². The molecule has 0 atom stereocenters. The van der Waals surface area contributed by atoms with Gasteiger partial charge in [0, 0.05) is 19.6 Å². The normalized spacial score (nSPS) is 11.5. The number of hydrogen-bond acceptors (Lipinski definition) is 10. The van der Waals surface area contributed by atoms with E-state index in [4.69, 9.17) is 9.15 Å². The van der Waals surface area contributed by atoms with Crippen molar-refractivity contribution in [3.05, 3.63) is 57.9 Å². The van der Waals surface area contributed by atoms with Gasteiger partial charge in [0.2, 0.25) is 11.2 Å². The number of benzene rings is 2. The van der Waals surface area contributed by atoms with Crippen LogP contribution in [-0.4, -0.2) is 64.1 Å². The minimum absolute atomic E-state index is 0.00589. The Morgan fingerprint density at radius 3 is 2.56 bits per heavy atom. The number of carbonyl (C=O) groups is 1. The van der Waals surface area contributed by atoms with Gasteiger partial charge in [-0.25, -0.2) is 9.78 Å². The zero-order chi connectivity index (χ0) is 24.2. The second-order valence-corrected chi connectivity index (χ2v) is 8.54. The number of phenols is 1. The summed E-state index contributed by atoms with van der Waals surface area (Å²) in [6, 6.07) is 10.2. The first kappa shape index (κ1) is 23.8. The van der Waals surface area contributed by atoms with Crippen molar-refractivity contribution in [2.24, 2.45) is 0 Å². The molecule has 2 heterocycles. The highest BCUT2D eigenvalue weighted by atomic mass is 32.1. The molecule has 34 heavy (non-hydrogen) atoms. The van der Waals surface area contributed by atoms with Crippen molar-refractivity contribution in [1.82, 2.24) is 9.88 Å². The van der Waals surface area contributed by atoms with Gasteiger partial charge < -0.3 is 24.5 Å². The number of carbonyl (C=O) groups excluding carboxylic acids is 1. The Kier molecular flexibility index (Phi) is 7.23. The summed E-state index contributed by atoms with van der Waals surface area (Å²) in [4.78, 5) is 32.7. The van der Waals surface area contributed by atoms with Gasteiger partial charge in [-0.1, -0.05) is 12.1 Å². The zero-order valence-electron chi connectivity index (χ0n) is 18.5. The number of aromatic nitrogens is 1. The van der Waals surface area contributed by atoms with Gasteiger partial charge in [0.05, 0.1) is 41.0 Å². The fourth-order valence-electron chi connectivity index (χ4n) is 3.75. The Labute approximate surface area is 198 Å². The molecule has 0 radical (unpaired) electrons. The number of esters is 1. The molecule has 2 aromatic carbocycles. The molecule has 4 rings (SSSR count). The lowest BCUT2D eigenvalue weighted by atomic mass is 10.1. The third-order valence-corrected chi connectivity index (χ3v) is 6.38. The molecule has 0 bridgehead atoms. The summed E-state index contributed by atoms with van der Waals surface area (Å²) >= 11 is 1.26. The molecule has 0 aliphatic carbocycles. The number of nitrogens with zero attached hydrogens (tertiary/aromatic N) is 2. The quantitative estimate of drug-likeness (QED) is 0.307. The molecule has 4 aromatic rings. The number of ether oxygens (including phenoxy) is 1. The van der Waals surface area contributed by atoms with Crippen molar-refractivity contribution in [3.8, 4) is 16.3 Å². The van der Waals surface area contributed by atoms with E-state index in [1.165, 1.54) is 23.5 Å². The molecule has 9 nitrogen and oxygen atoms in total. The summed E-state index contributed by atoms with van der Waals surface area (Å²) < 4.78 is 12.0. The molecule has 2 aromatic heterocycles. The van der Waals surface area contributed by atoms with Gasteiger partial charge in [-0.15, -0.1) is 11.3 Å². The fourth-order valence-corrected chi connectivity index (χ4v) is 4.75. The maximum Gasteiger partial charge on any atom is 0.375 e. The SMILES string of the molecule is CCOC(=O)c1oc2c(CN(CCO)CCO)c(O)ccc2c(=O)c1-c1nc2ccccc2s1. The first-order valence-corrected chi connectivity index (χ1v) is 11.6. The van der Waals surface area contributed by atoms with Crippen molar-refractivity contribution in [2.45, 2.75) is 13.5 Å². The Balaban J connectivity index is 1.97. The molecule has 3 N–H and O–H groups in total. The smallest absolute Gasteiger partial charge is 0.375 e. The molecule has 0 aliphatic rings. The summed E-state index contributed by atoms with van der Waals surface area (Å²) in [5, 5.41) is 29.7. The lowest BCUT2D eigenvalue weighted by molar-refractivity contribution is 0.0492. The molecular formula is C24H24N2O7S. The molecule has 178 valence electrons. The first-order chi connectivity index (χ1) is 16.5. The molecule has 0 saturated carbocycles. The van der Waals surface area contributed by atoms with E-state index in [-0.39, 0.29) is 73.1 Å². The van der Waals surface area contributed by atoms with Gasteiger partial charge in [0.25, 0.3) is 0 Å². The van der Waals surface area contributed by atoms with Crippen LogP contribution in [0.15, 0.2) is 45.6 Å². The second-order valence-electron chi connectivity index (χ2n) is 7.51. The van der Waals surface area contributed by atoms with Crippen molar-refractivity contribution >= 4 is 38.5 Å². The largest absolute Gasteiger partial charge is 0.507 e. The topological polar surface area (TPSA) is 133 Å². The average molecular weight is 485 g/mol. The van der Waals surface area contributed by atoms with E-state index in [2.05, 4.69) is 4.98 Å². The summed E-state index contributed by atoms with van der Waals surface area (Å²) in [7, 11) is 0. The number of aliphatic hydroxyl groups is 2. The number of rotatable bonds is 9. The van der Waals surface area contributed by atoms with Gasteiger partial charge in [-0.05, 0) is 31.2 Å².